The Kier molecular flexibility index (Phi) is 8.56. The minimum absolute atomic E-state index is 0.0137. The van der Waals surface area contributed by atoms with Gasteiger partial charge in [-0.2, -0.15) is 0 Å². The zero-order valence-corrected chi connectivity index (χ0v) is 22.3. The average Bonchev–Trinajstić information content (AvgIpc) is 3.57. The molecule has 1 aliphatic rings. The number of methoxy groups -OCH3 is 3. The lowest BCUT2D eigenvalue weighted by Crippen LogP contribution is -2.34. The monoisotopic (exact) mass is 511 g/mol. The highest BCUT2D eigenvalue weighted by molar-refractivity contribution is 7.18. The van der Waals surface area contributed by atoms with E-state index in [0.717, 1.165) is 51.6 Å². The second kappa shape index (κ2) is 11.8. The van der Waals surface area contributed by atoms with Crippen molar-refractivity contribution in [1.29, 1.82) is 0 Å². The maximum Gasteiger partial charge on any atom is 0.233 e. The van der Waals surface area contributed by atoms with Crippen LogP contribution in [0.2, 0.25) is 0 Å². The van der Waals surface area contributed by atoms with E-state index in [4.69, 9.17) is 18.9 Å². The van der Waals surface area contributed by atoms with Crippen molar-refractivity contribution in [3.63, 3.8) is 0 Å². The van der Waals surface area contributed by atoms with Crippen LogP contribution >= 0.6 is 11.3 Å². The number of rotatable bonds is 12. The van der Waals surface area contributed by atoms with Crippen molar-refractivity contribution in [2.24, 2.45) is 5.92 Å². The summed E-state index contributed by atoms with van der Waals surface area (Å²) in [6.07, 6.45) is 2.14. The zero-order chi connectivity index (χ0) is 25.7. The van der Waals surface area contributed by atoms with E-state index >= 15 is 0 Å². The molecule has 0 saturated heterocycles. The average molecular weight is 512 g/mol. The molecule has 1 fully saturated rings. The molecule has 0 bridgehead atoms. The molecule has 0 N–H and O–H groups in total. The number of anilines is 1. The molecule has 1 aromatic heterocycles. The largest absolute Gasteiger partial charge is 0.497 e. The smallest absolute Gasteiger partial charge is 0.233 e. The van der Waals surface area contributed by atoms with Crippen molar-refractivity contribution >= 4 is 22.4 Å². The Morgan fingerprint density at radius 3 is 2.44 bits per heavy atom. The van der Waals surface area contributed by atoms with Gasteiger partial charge in [-0.1, -0.05) is 23.5 Å². The lowest BCUT2D eigenvalue weighted by molar-refractivity contribution is -0.122. The van der Waals surface area contributed by atoms with Crippen LogP contribution in [0.5, 0.6) is 11.5 Å². The van der Waals surface area contributed by atoms with Crippen molar-refractivity contribution in [2.45, 2.75) is 39.4 Å². The highest BCUT2D eigenvalue weighted by atomic mass is 32.1. The molecule has 2 aromatic carbocycles. The second-order valence-corrected chi connectivity index (χ2v) is 9.97. The number of hydrogen-bond donors (Lipinski definition) is 0. The number of carbonyl (C=O) groups excluding carboxylic acids is 1. The van der Waals surface area contributed by atoms with Crippen molar-refractivity contribution in [2.75, 3.05) is 39.4 Å². The predicted molar refractivity (Wildman–Crippen MR) is 140 cm³/mol. The van der Waals surface area contributed by atoms with Gasteiger partial charge in [-0.05, 0) is 73.6 Å². The summed E-state index contributed by atoms with van der Waals surface area (Å²) in [6, 6.07) is 11.7. The van der Waals surface area contributed by atoms with E-state index in [1.165, 1.54) is 11.3 Å². The molecule has 0 spiro atoms. The van der Waals surface area contributed by atoms with E-state index in [2.05, 4.69) is 10.2 Å². The van der Waals surface area contributed by atoms with Gasteiger partial charge in [0.05, 0.1) is 13.5 Å². The zero-order valence-electron chi connectivity index (χ0n) is 21.4. The summed E-state index contributed by atoms with van der Waals surface area (Å²) in [4.78, 5) is 15.1. The molecule has 1 aliphatic carbocycles. The van der Waals surface area contributed by atoms with E-state index in [-0.39, 0.29) is 12.3 Å². The molecule has 9 heteroatoms. The molecular weight excluding hydrogens is 478 g/mol. The van der Waals surface area contributed by atoms with Gasteiger partial charge in [0.25, 0.3) is 0 Å². The van der Waals surface area contributed by atoms with Crippen molar-refractivity contribution in [3.05, 3.63) is 53.1 Å². The Morgan fingerprint density at radius 2 is 1.81 bits per heavy atom. The maximum absolute atomic E-state index is 13.3. The van der Waals surface area contributed by atoms with E-state index in [0.29, 0.717) is 24.2 Å². The molecule has 1 amide bonds. The van der Waals surface area contributed by atoms with Gasteiger partial charge in [0.1, 0.15) is 23.1 Å². The number of carbonyl (C=O) groups is 1. The van der Waals surface area contributed by atoms with E-state index < -0.39 is 6.29 Å². The number of amides is 1. The third kappa shape index (κ3) is 6.40. The lowest BCUT2D eigenvalue weighted by atomic mass is 10.1. The fourth-order valence-electron chi connectivity index (χ4n) is 4.02. The van der Waals surface area contributed by atoms with Gasteiger partial charge < -0.3 is 18.9 Å². The number of hydrogen-bond acceptors (Lipinski definition) is 8. The fourth-order valence-corrected chi connectivity index (χ4v) is 4.88. The first-order chi connectivity index (χ1) is 17.4. The highest BCUT2D eigenvalue weighted by Crippen LogP contribution is 2.36. The second-order valence-electron chi connectivity index (χ2n) is 9.02. The molecule has 36 heavy (non-hydrogen) atoms. The van der Waals surface area contributed by atoms with Gasteiger partial charge in [-0.25, -0.2) is 0 Å². The summed E-state index contributed by atoms with van der Waals surface area (Å²) in [5.41, 5.74) is 3.83. The van der Waals surface area contributed by atoms with Gasteiger partial charge in [-0.15, -0.1) is 10.2 Å². The maximum atomic E-state index is 13.3. The first-order valence-electron chi connectivity index (χ1n) is 12.0. The molecular formula is C27H33N3O5S. The van der Waals surface area contributed by atoms with Gasteiger partial charge in [-0.3, -0.25) is 9.69 Å². The lowest BCUT2D eigenvalue weighted by Gasteiger charge is -2.19. The van der Waals surface area contributed by atoms with Gasteiger partial charge in [0.15, 0.2) is 6.29 Å². The SMILES string of the molecule is COc1cccc(CC(=O)N(CC2CC2)c2nnc(-c3cc(C)c(OCC(OC)OC)c(C)c3)s2)c1. The summed E-state index contributed by atoms with van der Waals surface area (Å²) < 4.78 is 21.7. The molecule has 1 saturated carbocycles. The number of aryl methyl sites for hydroxylation is 2. The predicted octanol–water partition coefficient (Wildman–Crippen LogP) is 4.81. The van der Waals surface area contributed by atoms with Crippen LogP contribution in [-0.2, 0) is 20.7 Å². The molecule has 8 nitrogen and oxygen atoms in total. The molecule has 4 rings (SSSR count). The molecule has 192 valence electrons. The Bertz CT molecular complexity index is 1170. The normalized spacial score (nSPS) is 13.2. The minimum Gasteiger partial charge on any atom is -0.497 e. The van der Waals surface area contributed by atoms with E-state index in [9.17, 15) is 4.79 Å². The van der Waals surface area contributed by atoms with E-state index in [1.54, 1.807) is 26.2 Å². The van der Waals surface area contributed by atoms with Crippen molar-refractivity contribution < 1.29 is 23.7 Å². The Labute approximate surface area is 216 Å². The number of nitrogens with zero attached hydrogens (tertiary/aromatic N) is 3. The summed E-state index contributed by atoms with van der Waals surface area (Å²) in [6.45, 7) is 4.96. The van der Waals surface area contributed by atoms with Crippen LogP contribution in [0.4, 0.5) is 5.13 Å². The number of ether oxygens (including phenoxy) is 4. The summed E-state index contributed by atoms with van der Waals surface area (Å²) in [5.74, 6) is 2.08. The molecule has 3 aromatic rings. The Hall–Kier alpha value is -3.01. The van der Waals surface area contributed by atoms with E-state index in [1.807, 2.05) is 50.2 Å². The van der Waals surface area contributed by atoms with Crippen LogP contribution in [0.3, 0.4) is 0 Å². The third-order valence-corrected chi connectivity index (χ3v) is 7.17. The van der Waals surface area contributed by atoms with Gasteiger partial charge >= 0.3 is 0 Å². The van der Waals surface area contributed by atoms with Crippen LogP contribution in [-0.4, -0.2) is 56.9 Å². The third-order valence-electron chi connectivity index (χ3n) is 6.17. The van der Waals surface area contributed by atoms with Gasteiger partial charge in [0.2, 0.25) is 11.0 Å². The molecule has 0 radical (unpaired) electrons. The minimum atomic E-state index is -0.429. The molecule has 1 heterocycles. The molecule has 0 aliphatic heterocycles. The topological polar surface area (TPSA) is 83.0 Å². The van der Waals surface area contributed by atoms with Crippen LogP contribution in [0, 0.1) is 19.8 Å². The standard InChI is InChI=1S/C27H33N3O5S/c1-17-11-21(12-18(2)25(17)35-16-24(33-4)34-5)26-28-29-27(36-26)30(15-19-9-10-19)23(31)14-20-7-6-8-22(13-20)32-3/h6-8,11-13,19,24H,9-10,14-16H2,1-5H3. The van der Waals surface area contributed by atoms with Crippen LogP contribution in [0.15, 0.2) is 36.4 Å². The molecule has 0 unspecified atom stereocenters. The fraction of sp³-hybridized carbons (Fsp3) is 0.444. The van der Waals surface area contributed by atoms with Crippen molar-refractivity contribution in [3.8, 4) is 22.1 Å². The summed E-state index contributed by atoms with van der Waals surface area (Å²) in [7, 11) is 4.80. The summed E-state index contributed by atoms with van der Waals surface area (Å²) >= 11 is 1.44. The number of benzene rings is 2. The van der Waals surface area contributed by atoms with Crippen molar-refractivity contribution in [1.82, 2.24) is 10.2 Å². The number of aromatic nitrogens is 2. The van der Waals surface area contributed by atoms with Crippen LogP contribution in [0.25, 0.3) is 10.6 Å². The first-order valence-corrected chi connectivity index (χ1v) is 12.8. The summed E-state index contributed by atoms with van der Waals surface area (Å²) in [5, 5.41) is 10.3. The molecule has 0 atom stereocenters. The Morgan fingerprint density at radius 1 is 1.08 bits per heavy atom. The highest BCUT2D eigenvalue weighted by Gasteiger charge is 2.30. The Balaban J connectivity index is 1.53. The first kappa shape index (κ1) is 26.1. The van der Waals surface area contributed by atoms with Crippen LogP contribution in [0.1, 0.15) is 29.5 Å². The van der Waals surface area contributed by atoms with Gasteiger partial charge in [0, 0.05) is 26.3 Å². The van der Waals surface area contributed by atoms with Crippen LogP contribution < -0.4 is 14.4 Å². The quantitative estimate of drug-likeness (QED) is 0.323.